The van der Waals surface area contributed by atoms with E-state index in [2.05, 4.69) is 33.2 Å². The highest BCUT2D eigenvalue weighted by Crippen LogP contribution is 2.26. The van der Waals surface area contributed by atoms with Crippen molar-refractivity contribution in [2.24, 2.45) is 18.0 Å². The number of nitrogens with two attached hydrogens (primary N) is 1. The van der Waals surface area contributed by atoms with Crippen LogP contribution in [0.2, 0.25) is 0 Å². The first-order chi connectivity index (χ1) is 12.5. The summed E-state index contributed by atoms with van der Waals surface area (Å²) in [5.74, 6) is 7.74. The number of methoxy groups -OCH3 is 1. The van der Waals surface area contributed by atoms with E-state index in [4.69, 9.17) is 15.3 Å². The van der Waals surface area contributed by atoms with Crippen molar-refractivity contribution in [2.45, 2.75) is 39.0 Å². The van der Waals surface area contributed by atoms with Crippen LogP contribution in [0.5, 0.6) is 5.75 Å². The molecule has 2 N–H and O–H groups in total. The molecule has 0 aliphatic carbocycles. The number of unbranched alkanes of at least 4 members (excludes halogenated alkanes) is 2. The molecule has 2 aromatic rings. The quantitative estimate of drug-likeness (QED) is 0.185. The van der Waals surface area contributed by atoms with Gasteiger partial charge in [-0.1, -0.05) is 13.0 Å². The molecular formula is C18H26N6O2. The summed E-state index contributed by atoms with van der Waals surface area (Å²) in [7, 11) is 3.43. The number of hydrogen-bond donors (Lipinski definition) is 1. The van der Waals surface area contributed by atoms with Gasteiger partial charge < -0.3 is 15.3 Å². The lowest BCUT2D eigenvalue weighted by molar-refractivity contribution is 0.383. The second-order valence-corrected chi connectivity index (χ2v) is 5.98. The van der Waals surface area contributed by atoms with E-state index >= 15 is 0 Å². The van der Waals surface area contributed by atoms with Crippen LogP contribution in [0.25, 0.3) is 11.4 Å². The summed E-state index contributed by atoms with van der Waals surface area (Å²) < 4.78 is 10.8. The van der Waals surface area contributed by atoms with Gasteiger partial charge in [0.15, 0.2) is 0 Å². The van der Waals surface area contributed by atoms with Gasteiger partial charge in [-0.05, 0) is 48.2 Å². The minimum absolute atomic E-state index is 0.425. The normalized spacial score (nSPS) is 11.4. The molecule has 0 fully saturated rings. The van der Waals surface area contributed by atoms with Crippen LogP contribution in [-0.4, -0.2) is 33.2 Å². The molecule has 0 aliphatic rings. The van der Waals surface area contributed by atoms with Crippen LogP contribution in [0, 0.1) is 0 Å². The molecule has 26 heavy (non-hydrogen) atoms. The van der Waals surface area contributed by atoms with Gasteiger partial charge in [0.05, 0.1) is 19.9 Å². The Balaban J connectivity index is 1.87. The second-order valence-electron chi connectivity index (χ2n) is 5.98. The molecule has 0 bridgehead atoms. The molecule has 8 nitrogen and oxygen atoms in total. The van der Waals surface area contributed by atoms with Gasteiger partial charge in [-0.15, -0.1) is 15.3 Å². The average molecular weight is 358 g/mol. The Morgan fingerprint density at radius 3 is 2.77 bits per heavy atom. The topological polar surface area (TPSA) is 100 Å². The second kappa shape index (κ2) is 9.55. The molecule has 140 valence electrons. The monoisotopic (exact) mass is 358 g/mol. The van der Waals surface area contributed by atoms with Gasteiger partial charge in [0, 0.05) is 18.9 Å². The molecule has 1 aromatic heterocycles. The van der Waals surface area contributed by atoms with Crippen LogP contribution in [0.4, 0.5) is 0 Å². The molecule has 0 saturated heterocycles. The molecular weight excluding hydrogens is 332 g/mol. The lowest BCUT2D eigenvalue weighted by atomic mass is 10.0. The number of tetrazole rings is 1. The zero-order valence-corrected chi connectivity index (χ0v) is 15.6. The molecule has 0 saturated carbocycles. The van der Waals surface area contributed by atoms with Gasteiger partial charge in [0.2, 0.25) is 11.7 Å². The van der Waals surface area contributed by atoms with Crippen LogP contribution < -0.4 is 10.6 Å². The van der Waals surface area contributed by atoms with Gasteiger partial charge >= 0.3 is 0 Å². The molecule has 0 unspecified atom stereocenters. The standard InChI is InChI=1S/C18H26N6O2/c1-13(26-14(2)20-19)8-6-5-7-9-15-12-16(10-11-17(15)25-4)18-21-23-24(3)22-18/h10-12H,1,5-9,19H2,2-4H3/b20-14-. The Kier molecular flexibility index (Phi) is 7.13. The number of rotatable bonds is 9. The first-order valence-corrected chi connectivity index (χ1v) is 8.55. The van der Waals surface area contributed by atoms with E-state index in [1.165, 1.54) is 4.80 Å². The first kappa shape index (κ1) is 19.4. The van der Waals surface area contributed by atoms with E-state index < -0.39 is 0 Å². The smallest absolute Gasteiger partial charge is 0.208 e. The van der Waals surface area contributed by atoms with Crippen molar-refractivity contribution in [3.63, 3.8) is 0 Å². The lowest BCUT2D eigenvalue weighted by Crippen LogP contribution is -2.02. The van der Waals surface area contributed by atoms with Crippen molar-refractivity contribution in [2.75, 3.05) is 7.11 Å². The maximum Gasteiger partial charge on any atom is 0.208 e. The van der Waals surface area contributed by atoms with E-state index in [0.29, 0.717) is 17.5 Å². The van der Waals surface area contributed by atoms with Crippen molar-refractivity contribution < 1.29 is 9.47 Å². The van der Waals surface area contributed by atoms with Gasteiger partial charge in [-0.3, -0.25) is 0 Å². The Morgan fingerprint density at radius 2 is 2.12 bits per heavy atom. The number of aryl methyl sites for hydroxylation is 2. The molecule has 1 aromatic carbocycles. The molecule has 0 spiro atoms. The van der Waals surface area contributed by atoms with Crippen LogP contribution in [0.15, 0.2) is 35.6 Å². The summed E-state index contributed by atoms with van der Waals surface area (Å²) in [6, 6.07) is 5.96. The maximum absolute atomic E-state index is 5.47. The van der Waals surface area contributed by atoms with E-state index in [9.17, 15) is 0 Å². The summed E-state index contributed by atoms with van der Waals surface area (Å²) in [6.07, 6.45) is 4.77. The minimum Gasteiger partial charge on any atom is -0.496 e. The van der Waals surface area contributed by atoms with Gasteiger partial charge in [0.1, 0.15) is 5.75 Å². The van der Waals surface area contributed by atoms with Crippen LogP contribution in [0.3, 0.4) is 0 Å². The number of aromatic nitrogens is 4. The number of nitrogens with zero attached hydrogens (tertiary/aromatic N) is 5. The number of hydrazone groups is 1. The summed E-state index contributed by atoms with van der Waals surface area (Å²) >= 11 is 0. The summed E-state index contributed by atoms with van der Waals surface area (Å²) in [4.78, 5) is 1.45. The highest BCUT2D eigenvalue weighted by atomic mass is 16.5. The predicted molar refractivity (Wildman–Crippen MR) is 100 cm³/mol. The molecule has 0 amide bonds. The Bertz CT molecular complexity index is 769. The molecule has 0 radical (unpaired) electrons. The molecule has 0 atom stereocenters. The molecule has 8 heteroatoms. The average Bonchev–Trinajstić information content (AvgIpc) is 3.07. The SMILES string of the molecule is C=C(CCCCCc1cc(-c2nnn(C)n2)ccc1OC)O/C(C)=N\N. The summed E-state index contributed by atoms with van der Waals surface area (Å²) in [6.45, 7) is 5.58. The zero-order chi connectivity index (χ0) is 18.9. The van der Waals surface area contributed by atoms with Crippen LogP contribution in [-0.2, 0) is 18.2 Å². The van der Waals surface area contributed by atoms with Crippen molar-refractivity contribution in [1.29, 1.82) is 0 Å². The van der Waals surface area contributed by atoms with Crippen LogP contribution in [0.1, 0.15) is 38.2 Å². The fourth-order valence-corrected chi connectivity index (χ4v) is 2.61. The lowest BCUT2D eigenvalue weighted by Gasteiger charge is -2.10. The summed E-state index contributed by atoms with van der Waals surface area (Å²) in [5.41, 5.74) is 2.07. The van der Waals surface area contributed by atoms with Crippen molar-refractivity contribution in [3.05, 3.63) is 36.1 Å². The zero-order valence-electron chi connectivity index (χ0n) is 15.6. The fraction of sp³-hybridized carbons (Fsp3) is 0.444. The highest BCUT2D eigenvalue weighted by molar-refractivity contribution is 5.73. The van der Waals surface area contributed by atoms with Gasteiger partial charge in [0.25, 0.3) is 0 Å². The van der Waals surface area contributed by atoms with Crippen molar-refractivity contribution in [1.82, 2.24) is 20.2 Å². The number of ether oxygens (including phenoxy) is 2. The van der Waals surface area contributed by atoms with Gasteiger partial charge in [-0.2, -0.15) is 4.80 Å². The highest BCUT2D eigenvalue weighted by Gasteiger charge is 2.09. The van der Waals surface area contributed by atoms with E-state index in [0.717, 1.165) is 49.0 Å². The molecule has 2 rings (SSSR count). The summed E-state index contributed by atoms with van der Waals surface area (Å²) in [5, 5.41) is 15.7. The van der Waals surface area contributed by atoms with E-state index in [1.54, 1.807) is 21.1 Å². The van der Waals surface area contributed by atoms with Crippen molar-refractivity contribution >= 4 is 5.90 Å². The number of benzene rings is 1. The number of allylic oxidation sites excluding steroid dienone is 1. The Hall–Kier alpha value is -2.90. The first-order valence-electron chi connectivity index (χ1n) is 8.55. The largest absolute Gasteiger partial charge is 0.496 e. The molecule has 0 aliphatic heterocycles. The van der Waals surface area contributed by atoms with Crippen molar-refractivity contribution in [3.8, 4) is 17.1 Å². The third-order valence-electron chi connectivity index (χ3n) is 3.92. The van der Waals surface area contributed by atoms with E-state index in [-0.39, 0.29) is 0 Å². The third-order valence-corrected chi connectivity index (χ3v) is 3.92. The molecule has 1 heterocycles. The number of hydrogen-bond acceptors (Lipinski definition) is 7. The Labute approximate surface area is 153 Å². The van der Waals surface area contributed by atoms with E-state index in [1.807, 2.05) is 12.1 Å². The third kappa shape index (κ3) is 5.58. The predicted octanol–water partition coefficient (Wildman–Crippen LogP) is 2.81. The Morgan fingerprint density at radius 1 is 1.31 bits per heavy atom. The minimum atomic E-state index is 0.425. The maximum atomic E-state index is 5.47. The van der Waals surface area contributed by atoms with Crippen LogP contribution >= 0.6 is 0 Å². The fourth-order valence-electron chi connectivity index (χ4n) is 2.61. The van der Waals surface area contributed by atoms with Gasteiger partial charge in [-0.25, -0.2) is 0 Å².